The van der Waals surface area contributed by atoms with E-state index in [1.165, 1.54) is 6.92 Å². The topological polar surface area (TPSA) is 113 Å². The Hall–Kier alpha value is -0.850. The van der Waals surface area contributed by atoms with Crippen LogP contribution in [-0.2, 0) is 9.59 Å². The molecule has 0 heterocycles. The molecule has 0 spiro atoms. The minimum Gasteiger partial charge on any atom is -0.480 e. The molecule has 13 heavy (non-hydrogen) atoms. The van der Waals surface area contributed by atoms with Crippen LogP contribution in [0.2, 0.25) is 0 Å². The van der Waals surface area contributed by atoms with Gasteiger partial charge in [0, 0.05) is 0 Å². The Morgan fingerprint density at radius 1 is 1.54 bits per heavy atom. The SMILES string of the molecule is C[C@@H](O)[C@H](N)C(=O)NCC(=O)O.Cl. The highest BCUT2D eigenvalue weighted by Gasteiger charge is 2.18. The van der Waals surface area contributed by atoms with E-state index in [4.69, 9.17) is 15.9 Å². The van der Waals surface area contributed by atoms with Gasteiger partial charge in [-0.05, 0) is 6.92 Å². The van der Waals surface area contributed by atoms with Gasteiger partial charge >= 0.3 is 5.97 Å². The number of carboxylic acid groups (broad SMARTS) is 1. The fourth-order valence-corrected chi connectivity index (χ4v) is 0.500. The first-order valence-electron chi connectivity index (χ1n) is 3.38. The maximum Gasteiger partial charge on any atom is 0.322 e. The largest absolute Gasteiger partial charge is 0.480 e. The number of aliphatic carboxylic acids is 1. The third kappa shape index (κ3) is 6.32. The minimum absolute atomic E-state index is 0. The zero-order valence-electron chi connectivity index (χ0n) is 7.06. The van der Waals surface area contributed by atoms with E-state index in [0.717, 1.165) is 0 Å². The van der Waals surface area contributed by atoms with Gasteiger partial charge in [0.1, 0.15) is 12.6 Å². The molecule has 2 atom stereocenters. The summed E-state index contributed by atoms with van der Waals surface area (Å²) in [6.07, 6.45) is -0.987. The number of nitrogens with two attached hydrogens (primary N) is 1. The van der Waals surface area contributed by atoms with Gasteiger partial charge in [-0.2, -0.15) is 0 Å². The van der Waals surface area contributed by atoms with Gasteiger partial charge in [0.2, 0.25) is 5.91 Å². The normalized spacial score (nSPS) is 13.8. The molecule has 0 bridgehead atoms. The first-order valence-corrected chi connectivity index (χ1v) is 3.38. The summed E-state index contributed by atoms with van der Waals surface area (Å²) < 4.78 is 0. The van der Waals surface area contributed by atoms with E-state index in [9.17, 15) is 9.59 Å². The molecule has 0 aliphatic carbocycles. The molecule has 0 aromatic carbocycles. The lowest BCUT2D eigenvalue weighted by Crippen LogP contribution is -2.48. The number of nitrogens with one attached hydrogen (secondary N) is 1. The summed E-state index contributed by atoms with van der Waals surface area (Å²) in [5.74, 6) is -1.83. The van der Waals surface area contributed by atoms with E-state index < -0.39 is 30.6 Å². The Labute approximate surface area is 81.5 Å². The first-order chi connectivity index (χ1) is 5.45. The summed E-state index contributed by atoms with van der Waals surface area (Å²) in [5.41, 5.74) is 5.19. The smallest absolute Gasteiger partial charge is 0.322 e. The van der Waals surface area contributed by atoms with Crippen molar-refractivity contribution in [2.75, 3.05) is 6.54 Å². The van der Waals surface area contributed by atoms with E-state index in [-0.39, 0.29) is 12.4 Å². The Morgan fingerprint density at radius 3 is 2.31 bits per heavy atom. The van der Waals surface area contributed by atoms with Crippen LogP contribution < -0.4 is 11.1 Å². The summed E-state index contributed by atoms with van der Waals surface area (Å²) in [5, 5.41) is 19.0. The molecule has 78 valence electrons. The summed E-state index contributed by atoms with van der Waals surface area (Å²) in [6, 6.07) is -1.08. The van der Waals surface area contributed by atoms with Gasteiger partial charge < -0.3 is 21.3 Å². The third-order valence-corrected chi connectivity index (χ3v) is 1.24. The van der Waals surface area contributed by atoms with Crippen molar-refractivity contribution in [1.29, 1.82) is 0 Å². The van der Waals surface area contributed by atoms with Gasteiger partial charge in [-0.3, -0.25) is 9.59 Å². The third-order valence-electron chi connectivity index (χ3n) is 1.24. The van der Waals surface area contributed by atoms with E-state index in [1.807, 2.05) is 5.32 Å². The van der Waals surface area contributed by atoms with E-state index >= 15 is 0 Å². The predicted molar refractivity (Wildman–Crippen MR) is 47.5 cm³/mol. The number of aliphatic hydroxyl groups excluding tert-OH is 1. The van der Waals surface area contributed by atoms with Crippen LogP contribution in [0.3, 0.4) is 0 Å². The van der Waals surface area contributed by atoms with Gasteiger partial charge in [0.05, 0.1) is 6.10 Å². The van der Waals surface area contributed by atoms with E-state index in [0.29, 0.717) is 0 Å². The molecule has 0 fully saturated rings. The fourth-order valence-electron chi connectivity index (χ4n) is 0.500. The molecule has 6 nitrogen and oxygen atoms in total. The van der Waals surface area contributed by atoms with Crippen LogP contribution in [-0.4, -0.2) is 40.8 Å². The average Bonchev–Trinajstić information content (AvgIpc) is 1.98. The number of aliphatic hydroxyl groups is 1. The Balaban J connectivity index is 0. The number of hydrogen-bond donors (Lipinski definition) is 4. The highest BCUT2D eigenvalue weighted by molar-refractivity contribution is 5.85. The van der Waals surface area contributed by atoms with Crippen LogP contribution in [0, 0.1) is 0 Å². The lowest BCUT2D eigenvalue weighted by atomic mass is 10.2. The maximum atomic E-state index is 10.8. The zero-order valence-corrected chi connectivity index (χ0v) is 7.87. The number of carbonyl (C=O) groups is 2. The number of carbonyl (C=O) groups excluding carboxylic acids is 1. The number of amides is 1. The van der Waals surface area contributed by atoms with Gasteiger partial charge in [-0.25, -0.2) is 0 Å². The average molecular weight is 213 g/mol. The highest BCUT2D eigenvalue weighted by Crippen LogP contribution is 1.87. The molecule has 0 radical (unpaired) electrons. The van der Waals surface area contributed by atoms with Crippen LogP contribution in [0.25, 0.3) is 0 Å². The van der Waals surface area contributed by atoms with Crippen molar-refractivity contribution in [2.24, 2.45) is 5.73 Å². The molecule has 0 saturated carbocycles. The van der Waals surface area contributed by atoms with Gasteiger partial charge in [-0.1, -0.05) is 0 Å². The molecule has 1 amide bonds. The van der Waals surface area contributed by atoms with Crippen molar-refractivity contribution in [3.05, 3.63) is 0 Å². The van der Waals surface area contributed by atoms with Gasteiger partial charge in [0.25, 0.3) is 0 Å². The number of hydrogen-bond acceptors (Lipinski definition) is 4. The summed E-state index contributed by atoms with van der Waals surface area (Å²) >= 11 is 0. The molecule has 0 aromatic heterocycles. The van der Waals surface area contributed by atoms with Crippen molar-refractivity contribution in [1.82, 2.24) is 5.32 Å². The Bertz CT molecular complexity index is 185. The van der Waals surface area contributed by atoms with E-state index in [2.05, 4.69) is 0 Å². The summed E-state index contributed by atoms with van der Waals surface area (Å²) in [6.45, 7) is 0.865. The lowest BCUT2D eigenvalue weighted by Gasteiger charge is -2.12. The molecular weight excluding hydrogens is 200 g/mol. The van der Waals surface area contributed by atoms with Crippen LogP contribution in [0.1, 0.15) is 6.92 Å². The van der Waals surface area contributed by atoms with Gasteiger partial charge in [0.15, 0.2) is 0 Å². The van der Waals surface area contributed by atoms with Crippen LogP contribution in [0.5, 0.6) is 0 Å². The van der Waals surface area contributed by atoms with Crippen LogP contribution in [0.15, 0.2) is 0 Å². The second-order valence-electron chi connectivity index (χ2n) is 2.38. The molecule has 7 heteroatoms. The molecule has 0 rings (SSSR count). The standard InChI is InChI=1S/C6H12N2O4.ClH/c1-3(9)5(7)6(12)8-2-4(10)11;/h3,5,9H,2,7H2,1H3,(H,8,12)(H,10,11);1H/t3-,5+;/m1./s1. The van der Waals surface area contributed by atoms with E-state index in [1.54, 1.807) is 0 Å². The van der Waals surface area contributed by atoms with Crippen LogP contribution in [0.4, 0.5) is 0 Å². The van der Waals surface area contributed by atoms with Crippen molar-refractivity contribution in [3.63, 3.8) is 0 Å². The van der Waals surface area contributed by atoms with Crippen molar-refractivity contribution in [2.45, 2.75) is 19.1 Å². The van der Waals surface area contributed by atoms with Crippen molar-refractivity contribution >= 4 is 24.3 Å². The van der Waals surface area contributed by atoms with Gasteiger partial charge in [-0.15, -0.1) is 12.4 Å². The molecule has 0 unspecified atom stereocenters. The fraction of sp³-hybridized carbons (Fsp3) is 0.667. The molecule has 0 aliphatic rings. The molecule has 0 aliphatic heterocycles. The number of carboxylic acids is 1. The second kappa shape index (κ2) is 6.64. The number of rotatable bonds is 4. The summed E-state index contributed by atoms with van der Waals surface area (Å²) in [4.78, 5) is 20.8. The zero-order chi connectivity index (χ0) is 9.72. The Morgan fingerprint density at radius 2 is 2.00 bits per heavy atom. The minimum atomic E-state index is -1.15. The molecular formula is C6H13ClN2O4. The van der Waals surface area contributed by atoms with Crippen molar-refractivity contribution < 1.29 is 19.8 Å². The Kier molecular flexibility index (Phi) is 7.49. The predicted octanol–water partition coefficient (Wildman–Crippen LogP) is -1.68. The quantitative estimate of drug-likeness (QED) is 0.445. The summed E-state index contributed by atoms with van der Waals surface area (Å²) in [7, 11) is 0. The molecule has 5 N–H and O–H groups in total. The first kappa shape index (κ1) is 14.7. The molecule has 0 saturated heterocycles. The second-order valence-corrected chi connectivity index (χ2v) is 2.38. The maximum absolute atomic E-state index is 10.8. The van der Waals surface area contributed by atoms with Crippen molar-refractivity contribution in [3.8, 4) is 0 Å². The highest BCUT2D eigenvalue weighted by atomic mass is 35.5. The monoisotopic (exact) mass is 212 g/mol. The molecule has 0 aromatic rings. The lowest BCUT2D eigenvalue weighted by molar-refractivity contribution is -0.138. The van der Waals surface area contributed by atoms with Crippen LogP contribution >= 0.6 is 12.4 Å². The number of halogens is 1.